The molecule has 2 N–H and O–H groups in total. The first kappa shape index (κ1) is 29.0. The van der Waals surface area contributed by atoms with Crippen LogP contribution >= 0.6 is 23.4 Å². The summed E-state index contributed by atoms with van der Waals surface area (Å²) < 4.78 is 14.1. The number of nitrogens with two attached hydrogens (primary N) is 1. The van der Waals surface area contributed by atoms with Crippen LogP contribution in [0.25, 0.3) is 0 Å². The van der Waals surface area contributed by atoms with Crippen LogP contribution in [-0.2, 0) is 16.3 Å². The Kier molecular flexibility index (Phi) is 8.05. The minimum atomic E-state index is -0.579. The van der Waals surface area contributed by atoms with Crippen LogP contribution in [0.3, 0.4) is 0 Å². The van der Waals surface area contributed by atoms with E-state index in [1.165, 1.54) is 28.8 Å². The third-order valence-electron chi connectivity index (χ3n) is 7.95. The zero-order chi connectivity index (χ0) is 29.5. The number of nitrogens with zero attached hydrogens (tertiary/aromatic N) is 2. The highest BCUT2D eigenvalue weighted by Crippen LogP contribution is 2.51. The van der Waals surface area contributed by atoms with Crippen molar-refractivity contribution < 1.29 is 9.18 Å². The maximum Gasteiger partial charge on any atom is 0.162 e. The van der Waals surface area contributed by atoms with E-state index in [0.29, 0.717) is 29.7 Å². The monoisotopic (exact) mass is 585 g/mol. The quantitative estimate of drug-likeness (QED) is 0.314. The first-order valence-corrected chi connectivity index (χ1v) is 15.2. The second-order valence-corrected chi connectivity index (χ2v) is 13.1. The summed E-state index contributed by atoms with van der Waals surface area (Å²) in [5.41, 5.74) is 14.2. The summed E-state index contributed by atoms with van der Waals surface area (Å²) in [7, 11) is 0. The highest BCUT2D eigenvalue weighted by Gasteiger charge is 2.45. The minimum Gasteiger partial charge on any atom is -0.384 e. The molecule has 0 aromatic heterocycles. The van der Waals surface area contributed by atoms with Gasteiger partial charge in [-0.3, -0.25) is 9.69 Å². The van der Waals surface area contributed by atoms with Gasteiger partial charge in [0.1, 0.15) is 11.6 Å². The molecule has 0 radical (unpaired) electrons. The van der Waals surface area contributed by atoms with Crippen LogP contribution in [0.4, 0.5) is 10.1 Å². The van der Waals surface area contributed by atoms with Crippen molar-refractivity contribution in [3.63, 3.8) is 0 Å². The van der Waals surface area contributed by atoms with Gasteiger partial charge >= 0.3 is 0 Å². The minimum absolute atomic E-state index is 0.000291. The Morgan fingerprint density at radius 2 is 1.80 bits per heavy atom. The van der Waals surface area contributed by atoms with Crippen LogP contribution in [0.15, 0.2) is 83.3 Å². The Hall–Kier alpha value is -3.53. The highest BCUT2D eigenvalue weighted by atomic mass is 35.5. The third-order valence-corrected chi connectivity index (χ3v) is 9.29. The molecule has 2 aliphatic rings. The molecule has 3 aromatic rings. The average Bonchev–Trinajstić information content (AvgIpc) is 2.91. The molecule has 5 rings (SSSR count). The van der Waals surface area contributed by atoms with Crippen LogP contribution < -0.4 is 10.6 Å². The topological polar surface area (TPSA) is 70.1 Å². The van der Waals surface area contributed by atoms with Crippen molar-refractivity contribution in [1.82, 2.24) is 0 Å². The van der Waals surface area contributed by atoms with E-state index >= 15 is 0 Å². The van der Waals surface area contributed by atoms with E-state index in [4.69, 9.17) is 17.3 Å². The Labute approximate surface area is 250 Å². The molecule has 0 bridgehead atoms. The van der Waals surface area contributed by atoms with Crippen LogP contribution in [-0.4, -0.2) is 5.78 Å². The van der Waals surface area contributed by atoms with E-state index in [2.05, 4.69) is 51.1 Å². The number of halogens is 2. The molecule has 1 heterocycles. The molecule has 0 saturated carbocycles. The third kappa shape index (κ3) is 5.66. The number of aryl methyl sites for hydroxylation is 2. The molecular weight excluding hydrogens is 553 g/mol. The van der Waals surface area contributed by atoms with Gasteiger partial charge in [0, 0.05) is 34.9 Å². The zero-order valence-corrected chi connectivity index (χ0v) is 25.3. The molecule has 0 fully saturated rings. The largest absolute Gasteiger partial charge is 0.384 e. The van der Waals surface area contributed by atoms with E-state index in [-0.39, 0.29) is 22.0 Å². The van der Waals surface area contributed by atoms with E-state index in [1.54, 1.807) is 11.0 Å². The number of hydrogen-bond acceptors (Lipinski definition) is 5. The van der Waals surface area contributed by atoms with Crippen LogP contribution in [0, 0.1) is 36.4 Å². The smallest absolute Gasteiger partial charge is 0.162 e. The van der Waals surface area contributed by atoms with Crippen molar-refractivity contribution in [2.24, 2.45) is 11.1 Å². The summed E-state index contributed by atoms with van der Waals surface area (Å²) in [5, 5.41) is 10.4. The van der Waals surface area contributed by atoms with Crippen molar-refractivity contribution in [3.05, 3.63) is 122 Å². The molecule has 4 nitrogen and oxygen atoms in total. The predicted molar refractivity (Wildman–Crippen MR) is 166 cm³/mol. The summed E-state index contributed by atoms with van der Waals surface area (Å²) in [4.78, 5) is 15.7. The first-order chi connectivity index (χ1) is 19.5. The number of allylic oxidation sites excluding steroid dienone is 3. The van der Waals surface area contributed by atoms with Gasteiger partial charge in [0.05, 0.1) is 22.6 Å². The van der Waals surface area contributed by atoms with E-state index in [9.17, 15) is 14.4 Å². The molecule has 1 aliphatic heterocycles. The fourth-order valence-electron chi connectivity index (χ4n) is 5.97. The average molecular weight is 586 g/mol. The first-order valence-electron chi connectivity index (χ1n) is 13.6. The van der Waals surface area contributed by atoms with Crippen LogP contribution in [0.2, 0.25) is 5.02 Å². The second-order valence-electron chi connectivity index (χ2n) is 11.7. The lowest BCUT2D eigenvalue weighted by Gasteiger charge is -2.44. The lowest BCUT2D eigenvalue weighted by molar-refractivity contribution is -0.118. The lowest BCUT2D eigenvalue weighted by Crippen LogP contribution is -2.42. The summed E-state index contributed by atoms with van der Waals surface area (Å²) >= 11 is 7.99. The molecule has 1 unspecified atom stereocenters. The van der Waals surface area contributed by atoms with Crippen LogP contribution in [0.1, 0.15) is 60.4 Å². The van der Waals surface area contributed by atoms with Gasteiger partial charge in [0.2, 0.25) is 0 Å². The number of anilines is 1. The molecule has 210 valence electrons. The standard InChI is InChI=1S/C34H33ClFN3OS/c1-20-12-21(2)25(13-23(20)19-41-18-22-8-6-5-7-9-22)31-26(17-37)33(38)39(24-10-11-28(36)27(35)14-24)29-15-34(3,4)16-30(40)32(29)31/h5-14,31H,15-16,18-19,38H2,1-4H3. The van der Waals surface area contributed by atoms with E-state index < -0.39 is 11.7 Å². The maximum atomic E-state index is 14.1. The molecule has 1 atom stereocenters. The van der Waals surface area contributed by atoms with Crippen molar-refractivity contribution in [2.45, 2.75) is 58.0 Å². The van der Waals surface area contributed by atoms with Gasteiger partial charge < -0.3 is 5.73 Å². The molecule has 0 amide bonds. The molecule has 1 aliphatic carbocycles. The molecule has 41 heavy (non-hydrogen) atoms. The lowest BCUT2D eigenvalue weighted by atomic mass is 9.68. The normalized spacial score (nSPS) is 18.4. The number of rotatable bonds is 6. The summed E-state index contributed by atoms with van der Waals surface area (Å²) in [6, 6.07) is 21.4. The summed E-state index contributed by atoms with van der Waals surface area (Å²) in [5.74, 6) is 0.805. The number of carbonyl (C=O) groups is 1. The number of carbonyl (C=O) groups excluding carboxylic acids is 1. The molecule has 7 heteroatoms. The number of thioether (sulfide) groups is 1. The maximum absolute atomic E-state index is 14.1. The fraction of sp³-hybridized carbons (Fsp3) is 0.294. The van der Waals surface area contributed by atoms with Gasteiger partial charge in [-0.1, -0.05) is 67.9 Å². The van der Waals surface area contributed by atoms with Gasteiger partial charge in [0.15, 0.2) is 5.78 Å². The Morgan fingerprint density at radius 3 is 2.49 bits per heavy atom. The molecule has 0 saturated heterocycles. The number of nitriles is 1. The van der Waals surface area contributed by atoms with Gasteiger partial charge in [-0.25, -0.2) is 4.39 Å². The second kappa shape index (κ2) is 11.4. The van der Waals surface area contributed by atoms with E-state index in [0.717, 1.165) is 28.3 Å². The Balaban J connectivity index is 1.63. The van der Waals surface area contributed by atoms with Gasteiger partial charge in [-0.2, -0.15) is 17.0 Å². The van der Waals surface area contributed by atoms with Gasteiger partial charge in [0.25, 0.3) is 0 Å². The number of ketones is 1. The number of hydrogen-bond donors (Lipinski definition) is 1. The molecule has 0 spiro atoms. The Bertz CT molecular complexity index is 1640. The van der Waals surface area contributed by atoms with Crippen molar-refractivity contribution >= 4 is 34.8 Å². The molecule has 3 aromatic carbocycles. The van der Waals surface area contributed by atoms with E-state index in [1.807, 2.05) is 36.9 Å². The Morgan fingerprint density at radius 1 is 1.07 bits per heavy atom. The summed E-state index contributed by atoms with van der Waals surface area (Å²) in [6.07, 6.45) is 0.938. The fourth-order valence-corrected chi connectivity index (χ4v) is 7.21. The van der Waals surface area contributed by atoms with Crippen LogP contribution in [0.5, 0.6) is 0 Å². The molecular formula is C34H33ClFN3OS. The number of Topliss-reactive ketones (excluding diaryl/α,β-unsaturated/α-hetero) is 1. The summed E-state index contributed by atoms with van der Waals surface area (Å²) in [6.45, 7) is 8.24. The van der Waals surface area contributed by atoms with Gasteiger partial charge in [-0.05, 0) is 71.7 Å². The highest BCUT2D eigenvalue weighted by molar-refractivity contribution is 7.97. The zero-order valence-electron chi connectivity index (χ0n) is 23.7. The van der Waals surface area contributed by atoms with Gasteiger partial charge in [-0.15, -0.1) is 0 Å². The SMILES string of the molecule is Cc1cc(C)c(C2C(C#N)=C(N)N(c3ccc(F)c(Cl)c3)C3=C2C(=O)CC(C)(C)C3)cc1CSCc1ccccc1. The van der Waals surface area contributed by atoms with Crippen molar-refractivity contribution in [1.29, 1.82) is 5.26 Å². The van der Waals surface area contributed by atoms with Crippen molar-refractivity contribution in [2.75, 3.05) is 4.90 Å². The number of benzene rings is 3. The predicted octanol–water partition coefficient (Wildman–Crippen LogP) is 8.47. The van der Waals surface area contributed by atoms with Crippen molar-refractivity contribution in [3.8, 4) is 6.07 Å².